The molecule has 1 N–H and O–H groups in total. The van der Waals surface area contributed by atoms with Crippen LogP contribution in [-0.4, -0.2) is 34.9 Å². The highest BCUT2D eigenvalue weighted by atomic mass is 32.2. The first-order chi connectivity index (χ1) is 9.62. The van der Waals surface area contributed by atoms with Gasteiger partial charge in [-0.05, 0) is 19.1 Å². The third-order valence-corrected chi connectivity index (χ3v) is 3.73. The van der Waals surface area contributed by atoms with Crippen LogP contribution in [0.3, 0.4) is 0 Å². The van der Waals surface area contributed by atoms with E-state index in [1.165, 1.54) is 11.8 Å². The first-order valence-corrected chi connectivity index (χ1v) is 7.36. The number of aromatic nitrogens is 2. The third kappa shape index (κ3) is 3.66. The molecule has 1 atom stereocenters. The highest BCUT2D eigenvalue weighted by molar-refractivity contribution is 7.99. The number of hydrogen-bond donors (Lipinski definition) is 1. The maximum absolute atomic E-state index is 11.4. The van der Waals surface area contributed by atoms with Crippen molar-refractivity contribution in [3.8, 4) is 5.75 Å². The van der Waals surface area contributed by atoms with Crippen molar-refractivity contribution in [2.24, 2.45) is 0 Å². The molecule has 1 heterocycles. The van der Waals surface area contributed by atoms with Crippen LogP contribution in [0.2, 0.25) is 0 Å². The molecule has 5 nitrogen and oxygen atoms in total. The number of hydrogen-bond acceptors (Lipinski definition) is 5. The molecule has 6 heteroatoms. The number of rotatable bonds is 6. The summed E-state index contributed by atoms with van der Waals surface area (Å²) in [5.74, 6) is 0.613. The molecule has 1 unspecified atom stereocenters. The van der Waals surface area contributed by atoms with Crippen molar-refractivity contribution in [1.82, 2.24) is 9.97 Å². The van der Waals surface area contributed by atoms with Gasteiger partial charge in [0.05, 0.1) is 31.2 Å². The van der Waals surface area contributed by atoms with Crippen molar-refractivity contribution in [3.63, 3.8) is 0 Å². The number of benzene rings is 1. The molecule has 0 aliphatic heterocycles. The van der Waals surface area contributed by atoms with E-state index >= 15 is 0 Å². The van der Waals surface area contributed by atoms with Crippen LogP contribution in [0.15, 0.2) is 23.4 Å². The number of esters is 1. The van der Waals surface area contributed by atoms with Crippen LogP contribution in [0.4, 0.5) is 0 Å². The predicted octanol–water partition coefficient (Wildman–Crippen LogP) is 3.01. The molecule has 2 aromatic rings. The molecule has 1 aromatic heterocycles. The molecule has 0 fully saturated rings. The fraction of sp³-hybridized carbons (Fsp3) is 0.429. The van der Waals surface area contributed by atoms with E-state index in [2.05, 4.69) is 9.97 Å². The van der Waals surface area contributed by atoms with Gasteiger partial charge in [-0.1, -0.05) is 18.7 Å². The fourth-order valence-electron chi connectivity index (χ4n) is 1.83. The van der Waals surface area contributed by atoms with Gasteiger partial charge in [-0.25, -0.2) is 4.98 Å². The molecule has 20 heavy (non-hydrogen) atoms. The van der Waals surface area contributed by atoms with Crippen molar-refractivity contribution in [2.75, 3.05) is 13.7 Å². The average Bonchev–Trinajstić information content (AvgIpc) is 2.79. The monoisotopic (exact) mass is 294 g/mol. The Labute approximate surface area is 122 Å². The number of imidazole rings is 1. The number of H-pyrrole nitrogens is 1. The maximum Gasteiger partial charge on any atom is 0.306 e. The predicted molar refractivity (Wildman–Crippen MR) is 79.2 cm³/mol. The summed E-state index contributed by atoms with van der Waals surface area (Å²) in [6.45, 7) is 4.21. The van der Waals surface area contributed by atoms with Gasteiger partial charge in [0.2, 0.25) is 0 Å². The molecule has 0 radical (unpaired) electrons. The number of carbonyl (C=O) groups excluding carboxylic acids is 1. The molecule has 0 aliphatic carbocycles. The molecule has 0 amide bonds. The summed E-state index contributed by atoms with van der Waals surface area (Å²) >= 11 is 1.53. The Morgan fingerprint density at radius 1 is 1.50 bits per heavy atom. The summed E-state index contributed by atoms with van der Waals surface area (Å²) in [6, 6.07) is 5.69. The van der Waals surface area contributed by atoms with E-state index in [9.17, 15) is 4.79 Å². The van der Waals surface area contributed by atoms with E-state index in [1.54, 1.807) is 7.11 Å². The Kier molecular flexibility index (Phi) is 4.89. The molecule has 0 saturated heterocycles. The highest BCUT2D eigenvalue weighted by Crippen LogP contribution is 2.27. The summed E-state index contributed by atoms with van der Waals surface area (Å²) in [5, 5.41) is 0.904. The minimum Gasteiger partial charge on any atom is -0.497 e. The second kappa shape index (κ2) is 6.65. The molecule has 108 valence electrons. The molecule has 0 aliphatic rings. The molecule has 0 bridgehead atoms. The van der Waals surface area contributed by atoms with Gasteiger partial charge in [-0.3, -0.25) is 4.79 Å². The summed E-state index contributed by atoms with van der Waals surface area (Å²) in [6.07, 6.45) is 0.374. The minimum atomic E-state index is -0.176. The van der Waals surface area contributed by atoms with Crippen LogP contribution in [0.5, 0.6) is 5.75 Å². The van der Waals surface area contributed by atoms with E-state index in [0.29, 0.717) is 13.0 Å². The van der Waals surface area contributed by atoms with Crippen LogP contribution in [0, 0.1) is 0 Å². The Morgan fingerprint density at radius 2 is 2.30 bits per heavy atom. The van der Waals surface area contributed by atoms with Gasteiger partial charge in [0.1, 0.15) is 5.75 Å². The van der Waals surface area contributed by atoms with Crippen LogP contribution in [-0.2, 0) is 9.53 Å². The first-order valence-electron chi connectivity index (χ1n) is 6.48. The summed E-state index contributed by atoms with van der Waals surface area (Å²) in [4.78, 5) is 19.1. The number of carbonyl (C=O) groups is 1. The van der Waals surface area contributed by atoms with Crippen LogP contribution in [0.25, 0.3) is 11.0 Å². The zero-order valence-corrected chi connectivity index (χ0v) is 12.6. The van der Waals surface area contributed by atoms with Crippen molar-refractivity contribution in [1.29, 1.82) is 0 Å². The number of aromatic amines is 1. The molecule has 1 aromatic carbocycles. The minimum absolute atomic E-state index is 0.108. The van der Waals surface area contributed by atoms with Gasteiger partial charge in [-0.15, -0.1) is 0 Å². The second-order valence-corrected chi connectivity index (χ2v) is 5.79. The van der Waals surface area contributed by atoms with Crippen molar-refractivity contribution < 1.29 is 14.3 Å². The lowest BCUT2D eigenvalue weighted by atomic mass is 10.3. The van der Waals surface area contributed by atoms with E-state index in [-0.39, 0.29) is 11.2 Å². The molecular formula is C14H18N2O3S. The lowest BCUT2D eigenvalue weighted by molar-refractivity contribution is -0.142. The van der Waals surface area contributed by atoms with Crippen molar-refractivity contribution in [3.05, 3.63) is 18.2 Å². The van der Waals surface area contributed by atoms with Crippen molar-refractivity contribution in [2.45, 2.75) is 30.7 Å². The zero-order valence-electron chi connectivity index (χ0n) is 11.8. The fourth-order valence-corrected chi connectivity index (χ4v) is 2.76. The molecule has 0 spiro atoms. The normalized spacial score (nSPS) is 12.3. The summed E-state index contributed by atoms with van der Waals surface area (Å²) in [7, 11) is 1.63. The smallest absolute Gasteiger partial charge is 0.306 e. The van der Waals surface area contributed by atoms with E-state index in [4.69, 9.17) is 9.47 Å². The molecule has 0 saturated carbocycles. The third-order valence-electron chi connectivity index (χ3n) is 2.74. The van der Waals surface area contributed by atoms with Gasteiger partial charge in [-0.2, -0.15) is 0 Å². The summed E-state index contributed by atoms with van der Waals surface area (Å²) < 4.78 is 10.1. The number of ether oxygens (including phenoxy) is 2. The average molecular weight is 294 g/mol. The lowest BCUT2D eigenvalue weighted by Gasteiger charge is -2.07. The van der Waals surface area contributed by atoms with Crippen LogP contribution in [0.1, 0.15) is 20.3 Å². The number of methoxy groups -OCH3 is 1. The van der Waals surface area contributed by atoms with Crippen LogP contribution < -0.4 is 4.74 Å². The number of thioether (sulfide) groups is 1. The van der Waals surface area contributed by atoms with E-state index < -0.39 is 0 Å². The number of fused-ring (bicyclic) bond motifs is 1. The SMILES string of the molecule is CCOC(=O)CC(C)Sc1nc2ccc(OC)cc2[nH]1. The Morgan fingerprint density at radius 3 is 3.00 bits per heavy atom. The van der Waals surface area contributed by atoms with Gasteiger partial charge < -0.3 is 14.5 Å². The van der Waals surface area contributed by atoms with E-state index in [1.807, 2.05) is 32.0 Å². The van der Waals surface area contributed by atoms with Gasteiger partial charge >= 0.3 is 5.97 Å². The molecule has 2 rings (SSSR count). The number of nitrogens with zero attached hydrogens (tertiary/aromatic N) is 1. The Balaban J connectivity index is 2.04. The Bertz CT molecular complexity index is 597. The molecular weight excluding hydrogens is 276 g/mol. The van der Waals surface area contributed by atoms with Gasteiger partial charge in [0.15, 0.2) is 5.16 Å². The maximum atomic E-state index is 11.4. The first kappa shape index (κ1) is 14.7. The topological polar surface area (TPSA) is 64.2 Å². The largest absolute Gasteiger partial charge is 0.497 e. The standard InChI is InChI=1S/C14H18N2O3S/c1-4-19-13(17)7-9(2)20-14-15-11-6-5-10(18-3)8-12(11)16-14/h5-6,8-9H,4,7H2,1-3H3,(H,15,16). The Hall–Kier alpha value is -1.69. The zero-order chi connectivity index (χ0) is 14.5. The quantitative estimate of drug-likeness (QED) is 0.655. The van der Waals surface area contributed by atoms with E-state index in [0.717, 1.165) is 21.9 Å². The van der Waals surface area contributed by atoms with Gasteiger partial charge in [0.25, 0.3) is 0 Å². The van der Waals surface area contributed by atoms with Crippen LogP contribution >= 0.6 is 11.8 Å². The summed E-state index contributed by atoms with van der Waals surface area (Å²) in [5.41, 5.74) is 1.81. The van der Waals surface area contributed by atoms with Gasteiger partial charge in [0, 0.05) is 11.3 Å². The number of nitrogens with one attached hydrogen (secondary N) is 1. The van der Waals surface area contributed by atoms with Crippen molar-refractivity contribution >= 4 is 28.8 Å². The second-order valence-electron chi connectivity index (χ2n) is 4.36. The lowest BCUT2D eigenvalue weighted by Crippen LogP contribution is -2.10. The highest BCUT2D eigenvalue weighted by Gasteiger charge is 2.13.